The fourth-order valence-electron chi connectivity index (χ4n) is 1.50. The predicted octanol–water partition coefficient (Wildman–Crippen LogP) is 3.95. The number of ether oxygens (including phenoxy) is 1. The van der Waals surface area contributed by atoms with Crippen molar-refractivity contribution in [3.8, 4) is 11.8 Å². The van der Waals surface area contributed by atoms with Crippen molar-refractivity contribution in [2.45, 2.75) is 6.92 Å². The fourth-order valence-corrected chi connectivity index (χ4v) is 2.81. The molecule has 0 spiro atoms. The number of aryl methyl sites for hydroxylation is 1. The Hall–Kier alpha value is -1.64. The molecule has 2 rings (SSSR count). The molecular weight excluding hydrogens is 326 g/mol. The summed E-state index contributed by atoms with van der Waals surface area (Å²) < 4.78 is 6.41. The number of halogens is 1. The summed E-state index contributed by atoms with van der Waals surface area (Å²) >= 11 is 4.69. The van der Waals surface area contributed by atoms with Gasteiger partial charge in [-0.25, -0.2) is 0 Å². The second kappa shape index (κ2) is 6.00. The number of Topliss-reactive ketones (excluding diaryl/α,β-unsaturated/α-hetero) is 1. The van der Waals surface area contributed by atoms with Gasteiger partial charge in [-0.05, 0) is 52.7 Å². The molecule has 1 heterocycles. The van der Waals surface area contributed by atoms with Gasteiger partial charge in [-0.15, -0.1) is 11.3 Å². The molecule has 0 amide bonds. The van der Waals surface area contributed by atoms with Crippen LogP contribution < -0.4 is 4.74 Å². The van der Waals surface area contributed by atoms with Crippen molar-refractivity contribution in [3.05, 3.63) is 50.1 Å². The van der Waals surface area contributed by atoms with E-state index in [-0.39, 0.29) is 12.4 Å². The van der Waals surface area contributed by atoms with Crippen LogP contribution in [0.5, 0.6) is 5.75 Å². The number of rotatable bonds is 4. The van der Waals surface area contributed by atoms with E-state index in [0.29, 0.717) is 16.2 Å². The molecular formula is C14H10BrNO2S. The van der Waals surface area contributed by atoms with Crippen LogP contribution in [-0.2, 0) is 0 Å². The van der Waals surface area contributed by atoms with Gasteiger partial charge in [0.2, 0.25) is 5.78 Å². The Labute approximate surface area is 123 Å². The molecule has 0 N–H and O–H groups in total. The van der Waals surface area contributed by atoms with Crippen molar-refractivity contribution in [1.29, 1.82) is 5.26 Å². The second-order valence-corrected chi connectivity index (χ2v) is 6.37. The smallest absolute Gasteiger partial charge is 0.210 e. The summed E-state index contributed by atoms with van der Waals surface area (Å²) in [6.45, 7) is 1.85. The summed E-state index contributed by atoms with van der Waals surface area (Å²) in [4.78, 5) is 12.6. The van der Waals surface area contributed by atoms with E-state index in [1.54, 1.807) is 24.3 Å². The number of hydrogen-bond donors (Lipinski definition) is 0. The molecule has 1 aromatic carbocycles. The van der Waals surface area contributed by atoms with Crippen molar-refractivity contribution in [2.24, 2.45) is 0 Å². The van der Waals surface area contributed by atoms with Gasteiger partial charge < -0.3 is 4.74 Å². The summed E-state index contributed by atoms with van der Waals surface area (Å²) in [5.74, 6) is 0.500. The van der Waals surface area contributed by atoms with Crippen molar-refractivity contribution in [3.63, 3.8) is 0 Å². The Morgan fingerprint density at radius 2 is 2.21 bits per heavy atom. The average Bonchev–Trinajstić information content (AvgIpc) is 2.84. The molecule has 0 radical (unpaired) electrons. The normalized spacial score (nSPS) is 9.95. The highest BCUT2D eigenvalue weighted by Gasteiger charge is 2.10. The summed E-state index contributed by atoms with van der Waals surface area (Å²) in [6.07, 6.45) is 0. The van der Waals surface area contributed by atoms with E-state index < -0.39 is 0 Å². The van der Waals surface area contributed by atoms with Crippen LogP contribution in [0.4, 0.5) is 0 Å². The van der Waals surface area contributed by atoms with Crippen LogP contribution in [0.25, 0.3) is 0 Å². The van der Waals surface area contributed by atoms with E-state index in [2.05, 4.69) is 15.9 Å². The van der Waals surface area contributed by atoms with Gasteiger partial charge >= 0.3 is 0 Å². The van der Waals surface area contributed by atoms with Gasteiger partial charge in [-0.3, -0.25) is 4.79 Å². The molecule has 0 aliphatic heterocycles. The fraction of sp³-hybridized carbons (Fsp3) is 0.143. The van der Waals surface area contributed by atoms with Crippen LogP contribution >= 0.6 is 27.3 Å². The van der Waals surface area contributed by atoms with Gasteiger partial charge in [0.25, 0.3) is 0 Å². The first kappa shape index (κ1) is 13.8. The van der Waals surface area contributed by atoms with Gasteiger partial charge in [0, 0.05) is 0 Å². The maximum Gasteiger partial charge on any atom is 0.210 e. The Balaban J connectivity index is 2.07. The maximum atomic E-state index is 11.9. The zero-order chi connectivity index (χ0) is 13.8. The number of nitrogens with zero attached hydrogens (tertiary/aromatic N) is 1. The number of ketones is 1. The van der Waals surface area contributed by atoms with Crippen LogP contribution in [-0.4, -0.2) is 12.4 Å². The van der Waals surface area contributed by atoms with Gasteiger partial charge in [-0.2, -0.15) is 5.26 Å². The molecule has 19 heavy (non-hydrogen) atoms. The van der Waals surface area contributed by atoms with Crippen LogP contribution in [0.15, 0.2) is 34.1 Å². The highest BCUT2D eigenvalue weighted by Crippen LogP contribution is 2.23. The minimum absolute atomic E-state index is 0.0251. The molecule has 0 aliphatic carbocycles. The Kier molecular flexibility index (Phi) is 4.35. The maximum absolute atomic E-state index is 11.9. The van der Waals surface area contributed by atoms with Crippen molar-refractivity contribution in [2.75, 3.05) is 6.61 Å². The molecule has 0 saturated heterocycles. The lowest BCUT2D eigenvalue weighted by atomic mass is 10.1. The standard InChI is InChI=1S/C14H10BrNO2S/c1-9-2-3-10(7-16)6-12(9)18-8-11(17)13-4-5-14(15)19-13/h2-6H,8H2,1H3. The van der Waals surface area contributed by atoms with Crippen molar-refractivity contribution < 1.29 is 9.53 Å². The molecule has 0 saturated carbocycles. The molecule has 0 unspecified atom stereocenters. The third kappa shape index (κ3) is 3.43. The molecule has 96 valence electrons. The zero-order valence-electron chi connectivity index (χ0n) is 10.1. The third-order valence-corrected chi connectivity index (χ3v) is 4.19. The highest BCUT2D eigenvalue weighted by atomic mass is 79.9. The molecule has 0 atom stereocenters. The Morgan fingerprint density at radius 3 is 2.84 bits per heavy atom. The molecule has 2 aromatic rings. The summed E-state index contributed by atoms with van der Waals surface area (Å²) in [5.41, 5.74) is 1.42. The van der Waals surface area contributed by atoms with E-state index in [0.717, 1.165) is 9.35 Å². The molecule has 0 aliphatic rings. The first-order valence-corrected chi connectivity index (χ1v) is 7.13. The molecule has 0 bridgehead atoms. The van der Waals surface area contributed by atoms with Crippen LogP contribution in [0, 0.1) is 18.3 Å². The quantitative estimate of drug-likeness (QED) is 0.795. The van der Waals surface area contributed by atoms with E-state index >= 15 is 0 Å². The largest absolute Gasteiger partial charge is 0.485 e. The molecule has 0 fully saturated rings. The predicted molar refractivity (Wildman–Crippen MR) is 77.7 cm³/mol. The number of benzene rings is 1. The van der Waals surface area contributed by atoms with E-state index in [9.17, 15) is 4.79 Å². The van der Waals surface area contributed by atoms with E-state index in [4.69, 9.17) is 10.00 Å². The number of hydrogen-bond acceptors (Lipinski definition) is 4. The minimum atomic E-state index is -0.0718. The lowest BCUT2D eigenvalue weighted by Crippen LogP contribution is -2.10. The number of carbonyl (C=O) groups excluding carboxylic acids is 1. The van der Waals surface area contributed by atoms with Gasteiger partial charge in [0.15, 0.2) is 6.61 Å². The van der Waals surface area contributed by atoms with Crippen molar-refractivity contribution in [1.82, 2.24) is 0 Å². The Bertz CT molecular complexity index is 658. The molecule has 1 aromatic heterocycles. The Morgan fingerprint density at radius 1 is 1.42 bits per heavy atom. The molecule has 5 heteroatoms. The topological polar surface area (TPSA) is 50.1 Å². The van der Waals surface area contributed by atoms with E-state index in [1.165, 1.54) is 11.3 Å². The minimum Gasteiger partial charge on any atom is -0.485 e. The van der Waals surface area contributed by atoms with Crippen LogP contribution in [0.1, 0.15) is 20.8 Å². The average molecular weight is 336 g/mol. The second-order valence-electron chi connectivity index (χ2n) is 3.91. The monoisotopic (exact) mass is 335 g/mol. The first-order valence-electron chi connectivity index (χ1n) is 5.52. The SMILES string of the molecule is Cc1ccc(C#N)cc1OCC(=O)c1ccc(Br)s1. The lowest BCUT2D eigenvalue weighted by molar-refractivity contribution is 0.0925. The lowest BCUT2D eigenvalue weighted by Gasteiger charge is -2.08. The van der Waals surface area contributed by atoms with Crippen LogP contribution in [0.2, 0.25) is 0 Å². The summed E-state index contributed by atoms with van der Waals surface area (Å²) in [6, 6.07) is 10.8. The number of thiophene rings is 1. The summed E-state index contributed by atoms with van der Waals surface area (Å²) in [7, 11) is 0. The summed E-state index contributed by atoms with van der Waals surface area (Å²) in [5, 5.41) is 8.84. The van der Waals surface area contributed by atoms with Crippen LogP contribution in [0.3, 0.4) is 0 Å². The van der Waals surface area contributed by atoms with Crippen molar-refractivity contribution >= 4 is 33.0 Å². The van der Waals surface area contributed by atoms with Gasteiger partial charge in [0.05, 0.1) is 20.3 Å². The zero-order valence-corrected chi connectivity index (χ0v) is 12.5. The highest BCUT2D eigenvalue weighted by molar-refractivity contribution is 9.11. The first-order chi connectivity index (χ1) is 9.10. The third-order valence-electron chi connectivity index (χ3n) is 2.52. The number of nitriles is 1. The van der Waals surface area contributed by atoms with Gasteiger partial charge in [0.1, 0.15) is 5.75 Å². The van der Waals surface area contributed by atoms with E-state index in [1.807, 2.05) is 19.1 Å². The number of carbonyl (C=O) groups is 1. The molecule has 3 nitrogen and oxygen atoms in total. The van der Waals surface area contributed by atoms with Gasteiger partial charge in [-0.1, -0.05) is 6.07 Å².